The van der Waals surface area contributed by atoms with Gasteiger partial charge in [0.1, 0.15) is 0 Å². The molecule has 0 aliphatic heterocycles. The Balaban J connectivity index is 1.67. The molecular weight excluding hydrogens is 532 g/mol. The zero-order valence-electron chi connectivity index (χ0n) is 21.1. The average molecular weight is 559 g/mol. The zero-order chi connectivity index (χ0) is 28.0. The monoisotopic (exact) mass is 558 g/mol. The Hall–Kier alpha value is -3.79. The first-order chi connectivity index (χ1) is 18.6. The van der Waals surface area contributed by atoms with Gasteiger partial charge in [0.15, 0.2) is 23.9 Å². The van der Waals surface area contributed by atoms with Crippen molar-refractivity contribution < 1.29 is 31.8 Å². The van der Waals surface area contributed by atoms with Gasteiger partial charge >= 0.3 is 13.2 Å². The van der Waals surface area contributed by atoms with E-state index < -0.39 is 30.6 Å². The van der Waals surface area contributed by atoms with Crippen LogP contribution in [0.25, 0.3) is 0 Å². The number of hydrogen-bond donors (Lipinski definition) is 0. The van der Waals surface area contributed by atoms with Crippen molar-refractivity contribution in [3.63, 3.8) is 0 Å². The van der Waals surface area contributed by atoms with Gasteiger partial charge in [0, 0.05) is 29.0 Å². The van der Waals surface area contributed by atoms with Crippen LogP contribution in [0.2, 0.25) is 0 Å². The van der Waals surface area contributed by atoms with E-state index in [1.165, 1.54) is 30.6 Å². The molecule has 2 aromatic heterocycles. The Bertz CT molecular complexity index is 1360. The van der Waals surface area contributed by atoms with E-state index in [1.54, 1.807) is 30.1 Å². The number of benzene rings is 2. The molecule has 0 N–H and O–H groups in total. The molecule has 39 heavy (non-hydrogen) atoms. The second kappa shape index (κ2) is 12.4. The molecule has 5 nitrogen and oxygen atoms in total. The van der Waals surface area contributed by atoms with Gasteiger partial charge in [-0.25, -0.2) is 4.98 Å². The summed E-state index contributed by atoms with van der Waals surface area (Å²) in [7, 11) is 0. The van der Waals surface area contributed by atoms with Crippen LogP contribution in [-0.2, 0) is 11.2 Å². The molecule has 1 unspecified atom stereocenters. The van der Waals surface area contributed by atoms with Gasteiger partial charge in [0.2, 0.25) is 0 Å². The van der Waals surface area contributed by atoms with Gasteiger partial charge in [-0.3, -0.25) is 0 Å². The molecular formula is C29H26F4N2O3S. The number of hydrogen-bond acceptors (Lipinski definition) is 5. The summed E-state index contributed by atoms with van der Waals surface area (Å²) in [5.41, 5.74) is 3.25. The van der Waals surface area contributed by atoms with Crippen LogP contribution >= 0.6 is 11.8 Å². The summed E-state index contributed by atoms with van der Waals surface area (Å²) in [6.07, 6.45) is 4.82. The van der Waals surface area contributed by atoms with E-state index in [4.69, 9.17) is 0 Å². The molecule has 0 fully saturated rings. The van der Waals surface area contributed by atoms with E-state index in [-0.39, 0.29) is 4.75 Å². The molecule has 2 heterocycles. The number of aromatic nitrogens is 2. The zero-order valence-corrected chi connectivity index (χ0v) is 22.0. The summed E-state index contributed by atoms with van der Waals surface area (Å²) in [6.45, 7) is -2.22. The molecule has 0 radical (unpaired) electrons. The van der Waals surface area contributed by atoms with E-state index in [0.29, 0.717) is 16.7 Å². The van der Waals surface area contributed by atoms with Gasteiger partial charge in [-0.1, -0.05) is 54.2 Å². The lowest BCUT2D eigenvalue weighted by molar-refractivity contribution is -0.605. The summed E-state index contributed by atoms with van der Waals surface area (Å²) in [4.78, 5) is 4.65. The first-order valence-electron chi connectivity index (χ1n) is 12.0. The molecule has 4 rings (SSSR count). The van der Waals surface area contributed by atoms with E-state index in [1.807, 2.05) is 30.3 Å². The Kier molecular flexibility index (Phi) is 8.96. The topological polar surface area (TPSA) is 58.3 Å². The highest BCUT2D eigenvalue weighted by Gasteiger charge is 2.24. The smallest absolute Gasteiger partial charge is 0.387 e. The molecule has 0 bridgehead atoms. The molecule has 4 aromatic rings. The van der Waals surface area contributed by atoms with E-state index in [9.17, 15) is 22.8 Å². The van der Waals surface area contributed by atoms with Crippen molar-refractivity contribution in [2.45, 2.75) is 49.2 Å². The molecule has 2 aromatic carbocycles. The van der Waals surface area contributed by atoms with Crippen molar-refractivity contribution in [2.75, 3.05) is 0 Å². The number of thioether (sulfide) groups is 1. The first kappa shape index (κ1) is 28.2. The molecule has 0 aliphatic rings. The Labute approximate surface area is 228 Å². The van der Waals surface area contributed by atoms with Crippen LogP contribution < -0.4 is 14.2 Å². The quantitative estimate of drug-likeness (QED) is 0.0836. The standard InChI is InChI=1S/C29H26F4N2O3S/c1-29(2,22-6-4-3-5-7-22)39-26-11-9-21(18-34-26)23(16-19-12-14-35(36)15-13-19)20-8-10-24(37-27(30)31)25(17-20)38-28(32)33/h3-15,17-18,23,27-28H,16H2,1-2H3. The van der Waals surface area contributed by atoms with Crippen molar-refractivity contribution in [1.82, 2.24) is 4.98 Å². The number of ether oxygens (including phenoxy) is 2. The highest BCUT2D eigenvalue weighted by Crippen LogP contribution is 2.41. The average Bonchev–Trinajstić information content (AvgIpc) is 2.90. The molecule has 0 saturated heterocycles. The highest BCUT2D eigenvalue weighted by atomic mass is 32.2. The van der Waals surface area contributed by atoms with Crippen LogP contribution in [0, 0.1) is 5.21 Å². The van der Waals surface area contributed by atoms with E-state index in [2.05, 4.69) is 40.4 Å². The largest absolute Gasteiger partial charge is 0.619 e. The van der Waals surface area contributed by atoms with Crippen LogP contribution in [0.3, 0.4) is 0 Å². The normalized spacial score (nSPS) is 12.5. The maximum absolute atomic E-state index is 13.1. The van der Waals surface area contributed by atoms with Crippen LogP contribution in [0.15, 0.2) is 96.4 Å². The maximum atomic E-state index is 13.1. The predicted molar refractivity (Wildman–Crippen MR) is 140 cm³/mol. The number of alkyl halides is 4. The van der Waals surface area contributed by atoms with Crippen molar-refractivity contribution >= 4 is 11.8 Å². The number of rotatable bonds is 11. The van der Waals surface area contributed by atoms with Gasteiger partial charge in [0.05, 0.1) is 5.03 Å². The summed E-state index contributed by atoms with van der Waals surface area (Å²) in [6, 6.07) is 21.1. The van der Waals surface area contributed by atoms with Gasteiger partial charge in [-0.15, -0.1) is 0 Å². The second-order valence-corrected chi connectivity index (χ2v) is 10.8. The molecule has 0 amide bonds. The Morgan fingerprint density at radius 2 is 1.49 bits per heavy atom. The van der Waals surface area contributed by atoms with E-state index >= 15 is 0 Å². The Morgan fingerprint density at radius 3 is 2.10 bits per heavy atom. The van der Waals surface area contributed by atoms with Gasteiger partial charge < -0.3 is 14.7 Å². The lowest BCUT2D eigenvalue weighted by Crippen LogP contribution is -2.24. The van der Waals surface area contributed by atoms with E-state index in [0.717, 1.165) is 21.7 Å². The molecule has 204 valence electrons. The minimum absolute atomic E-state index is 0.241. The summed E-state index contributed by atoms with van der Waals surface area (Å²) in [5, 5.41) is 12.3. The second-order valence-electron chi connectivity index (χ2n) is 9.19. The third-order valence-corrected chi connectivity index (χ3v) is 7.30. The third-order valence-electron chi connectivity index (χ3n) is 6.10. The summed E-state index contributed by atoms with van der Waals surface area (Å²) < 4.78 is 61.1. The fourth-order valence-electron chi connectivity index (χ4n) is 4.18. The maximum Gasteiger partial charge on any atom is 0.387 e. The lowest BCUT2D eigenvalue weighted by Gasteiger charge is -2.24. The fourth-order valence-corrected chi connectivity index (χ4v) is 5.20. The molecule has 10 heteroatoms. The van der Waals surface area contributed by atoms with Crippen molar-refractivity contribution in [1.29, 1.82) is 0 Å². The van der Waals surface area contributed by atoms with Gasteiger partial charge in [-0.05, 0) is 60.7 Å². The number of halogens is 4. The molecule has 0 spiro atoms. The first-order valence-corrected chi connectivity index (χ1v) is 12.8. The van der Waals surface area contributed by atoms with Crippen LogP contribution in [0.1, 0.15) is 42.0 Å². The van der Waals surface area contributed by atoms with Crippen molar-refractivity contribution in [2.24, 2.45) is 0 Å². The highest BCUT2D eigenvalue weighted by molar-refractivity contribution is 8.00. The molecule has 1 atom stereocenters. The van der Waals surface area contributed by atoms with Crippen LogP contribution in [0.4, 0.5) is 17.6 Å². The van der Waals surface area contributed by atoms with Crippen LogP contribution in [-0.4, -0.2) is 18.2 Å². The van der Waals surface area contributed by atoms with Crippen molar-refractivity contribution in [3.05, 3.63) is 119 Å². The minimum Gasteiger partial charge on any atom is -0.619 e. The third kappa shape index (κ3) is 7.63. The fraction of sp³-hybridized carbons (Fsp3) is 0.241. The number of pyridine rings is 2. The summed E-state index contributed by atoms with van der Waals surface area (Å²) in [5.74, 6) is -1.40. The Morgan fingerprint density at radius 1 is 0.846 bits per heavy atom. The lowest BCUT2D eigenvalue weighted by atomic mass is 9.87. The predicted octanol–water partition coefficient (Wildman–Crippen LogP) is 7.32. The van der Waals surface area contributed by atoms with Crippen molar-refractivity contribution in [3.8, 4) is 11.5 Å². The molecule has 0 saturated carbocycles. The summed E-state index contributed by atoms with van der Waals surface area (Å²) >= 11 is 1.60. The van der Waals surface area contributed by atoms with Crippen LogP contribution in [0.5, 0.6) is 11.5 Å². The minimum atomic E-state index is -3.23. The number of nitrogens with zero attached hydrogens (tertiary/aromatic N) is 2. The van der Waals surface area contributed by atoms with Gasteiger partial charge in [0.25, 0.3) is 0 Å². The molecule has 0 aliphatic carbocycles. The SMILES string of the molecule is CC(C)(Sc1ccc(C(Cc2cc[n+]([O-])cc2)c2ccc(OC(F)F)c(OC(F)F)c2)cn1)c1ccccc1. The van der Waals surface area contributed by atoms with Gasteiger partial charge in [-0.2, -0.15) is 22.3 Å².